The Kier molecular flexibility index (Phi) is 5.21. The molecule has 0 fully saturated rings. The second-order valence-electron chi connectivity index (χ2n) is 7.41. The van der Waals surface area contributed by atoms with Gasteiger partial charge in [0.2, 0.25) is 12.7 Å². The SMILES string of the molecule is CC(C)CCNC(=O)[C@H]1CCc2sc(NC(=O)c3ccc4c(c3)OCO4)nc21. The first kappa shape index (κ1) is 18.7. The molecule has 1 aliphatic carbocycles. The van der Waals surface area contributed by atoms with E-state index in [1.807, 2.05) is 0 Å². The highest BCUT2D eigenvalue weighted by molar-refractivity contribution is 7.16. The highest BCUT2D eigenvalue weighted by atomic mass is 32.1. The van der Waals surface area contributed by atoms with Gasteiger partial charge in [-0.15, -0.1) is 11.3 Å². The molecule has 0 radical (unpaired) electrons. The Labute approximate surface area is 167 Å². The highest BCUT2D eigenvalue weighted by Crippen LogP contribution is 2.39. The number of carbonyl (C=O) groups excluding carboxylic acids is 2. The van der Waals surface area contributed by atoms with Crippen molar-refractivity contribution in [2.24, 2.45) is 5.92 Å². The average Bonchev–Trinajstić information content (AvgIpc) is 3.35. The predicted octanol–water partition coefficient (Wildman–Crippen LogP) is 3.32. The van der Waals surface area contributed by atoms with Crippen LogP contribution in [0.4, 0.5) is 5.13 Å². The van der Waals surface area contributed by atoms with Gasteiger partial charge in [-0.2, -0.15) is 0 Å². The molecule has 7 nitrogen and oxygen atoms in total. The van der Waals surface area contributed by atoms with Gasteiger partial charge in [0, 0.05) is 17.0 Å². The summed E-state index contributed by atoms with van der Waals surface area (Å²) in [6.07, 6.45) is 2.55. The first-order chi connectivity index (χ1) is 13.5. The van der Waals surface area contributed by atoms with Crippen molar-refractivity contribution in [2.75, 3.05) is 18.7 Å². The molecular formula is C20H23N3O4S. The van der Waals surface area contributed by atoms with Crippen LogP contribution in [0.1, 0.15) is 53.5 Å². The Morgan fingerprint density at radius 2 is 2.11 bits per heavy atom. The fraction of sp³-hybridized carbons (Fsp3) is 0.450. The summed E-state index contributed by atoms with van der Waals surface area (Å²) in [6.45, 7) is 5.12. The van der Waals surface area contributed by atoms with Gasteiger partial charge in [0.25, 0.3) is 5.91 Å². The number of aromatic nitrogens is 1. The maximum atomic E-state index is 12.5. The molecule has 1 aromatic heterocycles. The Hall–Kier alpha value is -2.61. The minimum absolute atomic E-state index is 0.0262. The number of rotatable bonds is 6. The lowest BCUT2D eigenvalue weighted by atomic mass is 10.1. The van der Waals surface area contributed by atoms with Crippen molar-refractivity contribution in [1.29, 1.82) is 0 Å². The number of thiazole rings is 1. The first-order valence-electron chi connectivity index (χ1n) is 9.49. The van der Waals surface area contributed by atoms with E-state index in [1.165, 1.54) is 11.3 Å². The van der Waals surface area contributed by atoms with Crippen LogP contribution < -0.4 is 20.1 Å². The van der Waals surface area contributed by atoms with Crippen LogP contribution in [0.25, 0.3) is 0 Å². The quantitative estimate of drug-likeness (QED) is 0.775. The summed E-state index contributed by atoms with van der Waals surface area (Å²) in [4.78, 5) is 30.7. The van der Waals surface area contributed by atoms with Crippen molar-refractivity contribution in [2.45, 2.75) is 39.0 Å². The lowest BCUT2D eigenvalue weighted by Crippen LogP contribution is -2.30. The third-order valence-electron chi connectivity index (χ3n) is 4.91. The second-order valence-corrected chi connectivity index (χ2v) is 8.50. The molecule has 0 unspecified atom stereocenters. The Balaban J connectivity index is 1.41. The number of aryl methyl sites for hydroxylation is 1. The Bertz CT molecular complexity index is 909. The minimum atomic E-state index is -0.261. The Morgan fingerprint density at radius 1 is 1.29 bits per heavy atom. The van der Waals surface area contributed by atoms with Gasteiger partial charge >= 0.3 is 0 Å². The summed E-state index contributed by atoms with van der Waals surface area (Å²) in [5.41, 5.74) is 1.27. The standard InChI is InChI=1S/C20H23N3O4S/c1-11(2)7-8-21-19(25)13-4-6-16-17(13)22-20(28-16)23-18(24)12-3-5-14-15(9-12)27-10-26-14/h3,5,9,11,13H,4,6-8,10H2,1-2H3,(H,21,25)(H,22,23,24)/t13-/m0/s1. The second kappa shape index (κ2) is 7.79. The normalized spacial score (nSPS) is 16.9. The van der Waals surface area contributed by atoms with Gasteiger partial charge in [0.05, 0.1) is 11.6 Å². The molecule has 8 heteroatoms. The molecule has 0 bridgehead atoms. The molecule has 0 saturated carbocycles. The summed E-state index contributed by atoms with van der Waals surface area (Å²) in [5, 5.41) is 6.37. The molecular weight excluding hydrogens is 378 g/mol. The number of anilines is 1. The van der Waals surface area contributed by atoms with Crippen LogP contribution in [0.2, 0.25) is 0 Å². The molecule has 1 aliphatic heterocycles. The highest BCUT2D eigenvalue weighted by Gasteiger charge is 2.32. The monoisotopic (exact) mass is 401 g/mol. The van der Waals surface area contributed by atoms with E-state index in [2.05, 4.69) is 29.5 Å². The molecule has 1 atom stereocenters. The van der Waals surface area contributed by atoms with Gasteiger partial charge in [-0.05, 0) is 43.4 Å². The molecule has 148 valence electrons. The van der Waals surface area contributed by atoms with E-state index in [4.69, 9.17) is 9.47 Å². The van der Waals surface area contributed by atoms with Crippen LogP contribution in [0.3, 0.4) is 0 Å². The fourth-order valence-corrected chi connectivity index (χ4v) is 4.38. The van der Waals surface area contributed by atoms with Crippen LogP contribution in [0.15, 0.2) is 18.2 Å². The average molecular weight is 401 g/mol. The van der Waals surface area contributed by atoms with E-state index in [-0.39, 0.29) is 24.5 Å². The third-order valence-corrected chi connectivity index (χ3v) is 5.96. The first-order valence-corrected chi connectivity index (χ1v) is 10.3. The lowest BCUT2D eigenvalue weighted by Gasteiger charge is -2.11. The van der Waals surface area contributed by atoms with Gasteiger partial charge in [-0.3, -0.25) is 14.9 Å². The zero-order chi connectivity index (χ0) is 19.7. The largest absolute Gasteiger partial charge is 0.454 e. The molecule has 4 rings (SSSR count). The van der Waals surface area contributed by atoms with Crippen molar-refractivity contribution in [3.05, 3.63) is 34.3 Å². The molecule has 2 amide bonds. The molecule has 2 aliphatic rings. The molecule has 1 aromatic carbocycles. The Morgan fingerprint density at radius 3 is 2.93 bits per heavy atom. The molecule has 2 N–H and O–H groups in total. The number of hydrogen-bond donors (Lipinski definition) is 2. The van der Waals surface area contributed by atoms with Crippen molar-refractivity contribution in [3.63, 3.8) is 0 Å². The van der Waals surface area contributed by atoms with E-state index >= 15 is 0 Å². The number of nitrogens with one attached hydrogen (secondary N) is 2. The predicted molar refractivity (Wildman–Crippen MR) is 106 cm³/mol. The topological polar surface area (TPSA) is 89.6 Å². The van der Waals surface area contributed by atoms with Crippen molar-refractivity contribution < 1.29 is 19.1 Å². The fourth-order valence-electron chi connectivity index (χ4n) is 3.35. The van der Waals surface area contributed by atoms with E-state index in [9.17, 15) is 9.59 Å². The summed E-state index contributed by atoms with van der Waals surface area (Å²) in [7, 11) is 0. The number of amides is 2. The van der Waals surface area contributed by atoms with Crippen molar-refractivity contribution in [3.8, 4) is 11.5 Å². The number of ether oxygens (including phenoxy) is 2. The number of carbonyl (C=O) groups is 2. The van der Waals surface area contributed by atoms with Crippen molar-refractivity contribution >= 4 is 28.3 Å². The summed E-state index contributed by atoms with van der Waals surface area (Å²) < 4.78 is 10.6. The van der Waals surface area contributed by atoms with Crippen LogP contribution >= 0.6 is 11.3 Å². The van der Waals surface area contributed by atoms with Gasteiger partial charge < -0.3 is 14.8 Å². The number of nitrogens with zero attached hydrogens (tertiary/aromatic N) is 1. The molecule has 0 saturated heterocycles. The van der Waals surface area contributed by atoms with Crippen molar-refractivity contribution in [1.82, 2.24) is 10.3 Å². The summed E-state index contributed by atoms with van der Waals surface area (Å²) >= 11 is 1.44. The van der Waals surface area contributed by atoms with E-state index in [0.29, 0.717) is 34.7 Å². The summed E-state index contributed by atoms with van der Waals surface area (Å²) in [5.74, 6) is 1.29. The van der Waals surface area contributed by atoms with Gasteiger partial charge in [0.15, 0.2) is 16.6 Å². The van der Waals surface area contributed by atoms with Crippen LogP contribution in [0, 0.1) is 5.92 Å². The maximum absolute atomic E-state index is 12.5. The molecule has 0 spiro atoms. The zero-order valence-electron chi connectivity index (χ0n) is 15.9. The molecule has 2 aromatic rings. The minimum Gasteiger partial charge on any atom is -0.454 e. The summed E-state index contributed by atoms with van der Waals surface area (Å²) in [6, 6.07) is 5.07. The van der Waals surface area contributed by atoms with Gasteiger partial charge in [-0.25, -0.2) is 4.98 Å². The zero-order valence-corrected chi connectivity index (χ0v) is 16.7. The lowest BCUT2D eigenvalue weighted by molar-refractivity contribution is -0.122. The third kappa shape index (κ3) is 3.82. The van der Waals surface area contributed by atoms with E-state index in [1.54, 1.807) is 18.2 Å². The molecule has 28 heavy (non-hydrogen) atoms. The number of hydrogen-bond acceptors (Lipinski definition) is 6. The maximum Gasteiger partial charge on any atom is 0.257 e. The van der Waals surface area contributed by atoms with Crippen LogP contribution in [-0.2, 0) is 11.2 Å². The van der Waals surface area contributed by atoms with Gasteiger partial charge in [-0.1, -0.05) is 13.8 Å². The van der Waals surface area contributed by atoms with Gasteiger partial charge in [0.1, 0.15) is 0 Å². The molecule has 2 heterocycles. The van der Waals surface area contributed by atoms with E-state index < -0.39 is 0 Å². The van der Waals surface area contributed by atoms with E-state index in [0.717, 1.165) is 29.8 Å². The van der Waals surface area contributed by atoms with Crippen LogP contribution in [-0.4, -0.2) is 30.1 Å². The number of fused-ring (bicyclic) bond motifs is 2. The smallest absolute Gasteiger partial charge is 0.257 e. The van der Waals surface area contributed by atoms with Crippen LogP contribution in [0.5, 0.6) is 11.5 Å². The number of benzene rings is 1.